The fourth-order valence-corrected chi connectivity index (χ4v) is 2.31. The van der Waals surface area contributed by atoms with Gasteiger partial charge in [-0.3, -0.25) is 4.90 Å². The zero-order valence-corrected chi connectivity index (χ0v) is 11.2. The van der Waals surface area contributed by atoms with Crippen molar-refractivity contribution in [3.8, 4) is 11.8 Å². The Balaban J connectivity index is 1.90. The van der Waals surface area contributed by atoms with Crippen molar-refractivity contribution in [2.45, 2.75) is 6.04 Å². The van der Waals surface area contributed by atoms with E-state index < -0.39 is 0 Å². The molecule has 1 aliphatic heterocycles. The number of ether oxygens (including phenoxy) is 1. The summed E-state index contributed by atoms with van der Waals surface area (Å²) in [4.78, 5) is 4.57. The van der Waals surface area contributed by atoms with Crippen molar-refractivity contribution >= 4 is 5.69 Å². The number of benzene rings is 1. The summed E-state index contributed by atoms with van der Waals surface area (Å²) in [5.41, 5.74) is 6.84. The highest BCUT2D eigenvalue weighted by Crippen LogP contribution is 2.21. The van der Waals surface area contributed by atoms with Gasteiger partial charge in [0.1, 0.15) is 11.8 Å². The molecule has 1 saturated heterocycles. The molecule has 1 unspecified atom stereocenters. The summed E-state index contributed by atoms with van der Waals surface area (Å²) in [6.45, 7) is 4.43. The van der Waals surface area contributed by atoms with Gasteiger partial charge in [0, 0.05) is 44.5 Å². The average molecular weight is 260 g/mol. The fourth-order valence-electron chi connectivity index (χ4n) is 2.31. The second-order valence-corrected chi connectivity index (χ2v) is 4.72. The third-order valence-electron chi connectivity index (χ3n) is 3.41. The molecule has 2 rings (SSSR count). The van der Waals surface area contributed by atoms with Crippen molar-refractivity contribution in [1.82, 2.24) is 4.90 Å². The van der Waals surface area contributed by atoms with Crippen LogP contribution in [0.25, 0.3) is 0 Å². The van der Waals surface area contributed by atoms with Crippen LogP contribution in [-0.4, -0.2) is 50.8 Å². The van der Waals surface area contributed by atoms with E-state index in [2.05, 4.69) is 28.0 Å². The molecule has 1 atom stereocenters. The van der Waals surface area contributed by atoms with E-state index in [9.17, 15) is 0 Å². The minimum atomic E-state index is -0.386. The lowest BCUT2D eigenvalue weighted by molar-refractivity contribution is 0.254. The van der Waals surface area contributed by atoms with Crippen LogP contribution in [0, 0.1) is 11.3 Å². The van der Waals surface area contributed by atoms with Crippen LogP contribution in [0.1, 0.15) is 0 Å². The van der Waals surface area contributed by atoms with Crippen molar-refractivity contribution in [2.24, 2.45) is 5.73 Å². The summed E-state index contributed by atoms with van der Waals surface area (Å²) >= 11 is 0. The number of rotatable bonds is 4. The van der Waals surface area contributed by atoms with E-state index in [1.165, 1.54) is 5.69 Å². The quantitative estimate of drug-likeness (QED) is 0.862. The maximum Gasteiger partial charge on any atom is 0.120 e. The molecular formula is C14H20N4O. The summed E-state index contributed by atoms with van der Waals surface area (Å²) in [5, 5.41) is 8.73. The zero-order valence-electron chi connectivity index (χ0n) is 11.2. The maximum absolute atomic E-state index is 8.73. The summed E-state index contributed by atoms with van der Waals surface area (Å²) in [7, 11) is 1.68. The molecule has 102 valence electrons. The number of nitriles is 1. The molecule has 1 heterocycles. The van der Waals surface area contributed by atoms with Crippen molar-refractivity contribution in [2.75, 3.05) is 44.7 Å². The van der Waals surface area contributed by atoms with Gasteiger partial charge in [-0.1, -0.05) is 6.07 Å². The third kappa shape index (κ3) is 3.60. The molecule has 0 aliphatic carbocycles. The van der Waals surface area contributed by atoms with Crippen molar-refractivity contribution in [3.05, 3.63) is 24.3 Å². The van der Waals surface area contributed by atoms with Gasteiger partial charge in [0.05, 0.1) is 13.2 Å². The van der Waals surface area contributed by atoms with Gasteiger partial charge in [-0.15, -0.1) is 0 Å². The maximum atomic E-state index is 8.73. The van der Waals surface area contributed by atoms with E-state index in [1.54, 1.807) is 7.11 Å². The molecule has 19 heavy (non-hydrogen) atoms. The molecule has 0 radical (unpaired) electrons. The molecule has 5 nitrogen and oxygen atoms in total. The normalized spacial score (nSPS) is 17.8. The van der Waals surface area contributed by atoms with Crippen molar-refractivity contribution in [1.29, 1.82) is 5.26 Å². The minimum Gasteiger partial charge on any atom is -0.497 e. The molecule has 0 spiro atoms. The molecule has 0 saturated carbocycles. The topological polar surface area (TPSA) is 65.5 Å². The van der Waals surface area contributed by atoms with Crippen LogP contribution < -0.4 is 15.4 Å². The predicted molar refractivity (Wildman–Crippen MR) is 75.2 cm³/mol. The lowest BCUT2D eigenvalue weighted by Gasteiger charge is -2.36. The number of methoxy groups -OCH3 is 1. The van der Waals surface area contributed by atoms with Gasteiger partial charge in [-0.2, -0.15) is 5.26 Å². The van der Waals surface area contributed by atoms with Gasteiger partial charge < -0.3 is 15.4 Å². The fraction of sp³-hybridized carbons (Fsp3) is 0.500. The summed E-state index contributed by atoms with van der Waals surface area (Å²) in [5.74, 6) is 0.881. The monoisotopic (exact) mass is 260 g/mol. The summed E-state index contributed by atoms with van der Waals surface area (Å²) < 4.78 is 5.24. The lowest BCUT2D eigenvalue weighted by atomic mass is 10.2. The zero-order chi connectivity index (χ0) is 13.7. The van der Waals surface area contributed by atoms with E-state index in [1.807, 2.05) is 12.1 Å². The summed E-state index contributed by atoms with van der Waals surface area (Å²) in [6, 6.07) is 9.80. The first-order valence-corrected chi connectivity index (χ1v) is 6.49. The number of nitrogens with zero attached hydrogens (tertiary/aromatic N) is 3. The van der Waals surface area contributed by atoms with E-state index in [0.29, 0.717) is 6.54 Å². The van der Waals surface area contributed by atoms with Gasteiger partial charge in [0.2, 0.25) is 0 Å². The first-order valence-electron chi connectivity index (χ1n) is 6.49. The molecule has 1 aliphatic rings. The van der Waals surface area contributed by atoms with Crippen LogP contribution in [0.15, 0.2) is 24.3 Å². The van der Waals surface area contributed by atoms with Crippen LogP contribution in [-0.2, 0) is 0 Å². The predicted octanol–water partition coefficient (Wildman–Crippen LogP) is 0.668. The molecule has 0 aromatic heterocycles. The van der Waals surface area contributed by atoms with E-state index in [0.717, 1.165) is 31.9 Å². The molecule has 1 aromatic carbocycles. The Morgan fingerprint density at radius 2 is 2.11 bits per heavy atom. The molecular weight excluding hydrogens is 240 g/mol. The Hall–Kier alpha value is -1.77. The largest absolute Gasteiger partial charge is 0.497 e. The highest BCUT2D eigenvalue weighted by molar-refractivity contribution is 5.51. The number of anilines is 1. The Morgan fingerprint density at radius 1 is 1.37 bits per heavy atom. The molecule has 2 N–H and O–H groups in total. The first kappa shape index (κ1) is 13.7. The van der Waals surface area contributed by atoms with Gasteiger partial charge in [0.25, 0.3) is 0 Å². The highest BCUT2D eigenvalue weighted by Gasteiger charge is 2.18. The molecule has 0 bridgehead atoms. The first-order chi connectivity index (χ1) is 9.22. The van der Waals surface area contributed by atoms with Crippen molar-refractivity contribution in [3.63, 3.8) is 0 Å². The minimum absolute atomic E-state index is 0.386. The van der Waals surface area contributed by atoms with Crippen LogP contribution in [0.5, 0.6) is 5.75 Å². The standard InChI is InChI=1S/C14H20N4O/c1-19-14-4-2-3-13(9-14)18-7-5-17(6-8-18)11-12(16)10-15/h2-4,9,12H,5-8,11,16H2,1H3. The second-order valence-electron chi connectivity index (χ2n) is 4.72. The Morgan fingerprint density at radius 3 is 2.74 bits per heavy atom. The number of hydrogen-bond donors (Lipinski definition) is 1. The number of piperazine rings is 1. The van der Waals surface area contributed by atoms with E-state index in [-0.39, 0.29) is 6.04 Å². The average Bonchev–Trinajstić information content (AvgIpc) is 2.48. The summed E-state index contributed by atoms with van der Waals surface area (Å²) in [6.07, 6.45) is 0. The number of hydrogen-bond acceptors (Lipinski definition) is 5. The molecule has 5 heteroatoms. The third-order valence-corrected chi connectivity index (χ3v) is 3.41. The Labute approximate surface area is 114 Å². The smallest absolute Gasteiger partial charge is 0.120 e. The van der Waals surface area contributed by atoms with Gasteiger partial charge >= 0.3 is 0 Å². The van der Waals surface area contributed by atoms with Crippen LogP contribution in [0.2, 0.25) is 0 Å². The lowest BCUT2D eigenvalue weighted by Crippen LogP contribution is -2.49. The van der Waals surface area contributed by atoms with E-state index >= 15 is 0 Å². The van der Waals surface area contributed by atoms with Gasteiger partial charge in [-0.25, -0.2) is 0 Å². The SMILES string of the molecule is COc1cccc(N2CCN(CC(N)C#N)CC2)c1. The Bertz CT molecular complexity index is 449. The molecule has 1 fully saturated rings. The molecule has 1 aromatic rings. The number of nitrogens with two attached hydrogens (primary N) is 1. The van der Waals surface area contributed by atoms with Crippen LogP contribution in [0.3, 0.4) is 0 Å². The van der Waals surface area contributed by atoms with E-state index in [4.69, 9.17) is 15.7 Å². The van der Waals surface area contributed by atoms with Crippen LogP contribution in [0.4, 0.5) is 5.69 Å². The van der Waals surface area contributed by atoms with Crippen LogP contribution >= 0.6 is 0 Å². The highest BCUT2D eigenvalue weighted by atomic mass is 16.5. The van der Waals surface area contributed by atoms with Crippen molar-refractivity contribution < 1.29 is 4.74 Å². The second kappa shape index (κ2) is 6.41. The molecule has 0 amide bonds. The van der Waals surface area contributed by atoms with Gasteiger partial charge in [-0.05, 0) is 12.1 Å². The Kier molecular flexibility index (Phi) is 4.61. The van der Waals surface area contributed by atoms with Gasteiger partial charge in [0.15, 0.2) is 0 Å².